The van der Waals surface area contributed by atoms with Crippen molar-refractivity contribution in [3.63, 3.8) is 0 Å². The Morgan fingerprint density at radius 1 is 1.18 bits per heavy atom. The number of benzene rings is 1. The normalized spacial score (nSPS) is 10.3. The molecule has 120 valence electrons. The molecule has 0 aliphatic carbocycles. The number of hydrogen-bond acceptors (Lipinski definition) is 5. The minimum absolute atomic E-state index is 0.283. The molecule has 1 aromatic carbocycles. The number of nitrogens with one attached hydrogen (secondary N) is 1. The van der Waals surface area contributed by atoms with Crippen LogP contribution < -0.4 is 14.8 Å². The van der Waals surface area contributed by atoms with Gasteiger partial charge in [-0.25, -0.2) is 4.79 Å². The van der Waals surface area contributed by atoms with Gasteiger partial charge in [0.15, 0.2) is 18.1 Å². The zero-order valence-electron chi connectivity index (χ0n) is 13.0. The van der Waals surface area contributed by atoms with Crippen LogP contribution in [0, 0.1) is 0 Å². The van der Waals surface area contributed by atoms with Gasteiger partial charge in [-0.1, -0.05) is 13.0 Å². The zero-order valence-corrected chi connectivity index (χ0v) is 13.0. The van der Waals surface area contributed by atoms with Crippen molar-refractivity contribution in [3.05, 3.63) is 29.8 Å². The second kappa shape index (κ2) is 9.44. The molecule has 6 nitrogen and oxygen atoms in total. The number of ether oxygens (including phenoxy) is 3. The molecule has 0 saturated heterocycles. The molecule has 0 aliphatic rings. The van der Waals surface area contributed by atoms with Crippen molar-refractivity contribution >= 4 is 18.0 Å². The van der Waals surface area contributed by atoms with Crippen LogP contribution in [0.5, 0.6) is 11.5 Å². The summed E-state index contributed by atoms with van der Waals surface area (Å²) in [6, 6.07) is 5.25. The molecule has 0 heterocycles. The SMILES string of the molecule is CCCNC(=O)COC(=O)/C=C/c1ccc(OC)c(OC)c1. The Hall–Kier alpha value is -2.50. The lowest BCUT2D eigenvalue weighted by molar-refractivity contribution is -0.143. The highest BCUT2D eigenvalue weighted by Crippen LogP contribution is 2.27. The van der Waals surface area contributed by atoms with Gasteiger partial charge in [-0.2, -0.15) is 0 Å². The maximum absolute atomic E-state index is 11.5. The summed E-state index contributed by atoms with van der Waals surface area (Å²) in [7, 11) is 3.09. The fourth-order valence-corrected chi connectivity index (χ4v) is 1.62. The molecule has 0 spiro atoms. The second-order valence-corrected chi connectivity index (χ2v) is 4.41. The van der Waals surface area contributed by atoms with Crippen LogP contribution in [0.25, 0.3) is 6.08 Å². The van der Waals surface area contributed by atoms with Gasteiger partial charge in [0.05, 0.1) is 14.2 Å². The van der Waals surface area contributed by atoms with Crippen LogP contribution in [0.15, 0.2) is 24.3 Å². The van der Waals surface area contributed by atoms with E-state index >= 15 is 0 Å². The predicted molar refractivity (Wildman–Crippen MR) is 82.8 cm³/mol. The highest BCUT2D eigenvalue weighted by molar-refractivity contribution is 5.89. The first-order valence-corrected chi connectivity index (χ1v) is 6.94. The predicted octanol–water partition coefficient (Wildman–Crippen LogP) is 1.79. The molecule has 0 saturated carbocycles. The first kappa shape index (κ1) is 17.6. The summed E-state index contributed by atoms with van der Waals surface area (Å²) >= 11 is 0. The van der Waals surface area contributed by atoms with E-state index in [4.69, 9.17) is 14.2 Å². The van der Waals surface area contributed by atoms with Crippen LogP contribution in [-0.4, -0.2) is 39.2 Å². The Labute approximate surface area is 130 Å². The summed E-state index contributed by atoms with van der Waals surface area (Å²) in [6.07, 6.45) is 3.67. The molecule has 0 atom stereocenters. The Morgan fingerprint density at radius 3 is 2.55 bits per heavy atom. The number of amides is 1. The summed E-state index contributed by atoms with van der Waals surface area (Å²) < 4.78 is 15.1. The second-order valence-electron chi connectivity index (χ2n) is 4.41. The van der Waals surface area contributed by atoms with E-state index in [-0.39, 0.29) is 12.5 Å². The summed E-state index contributed by atoms with van der Waals surface area (Å²) in [5, 5.41) is 2.62. The van der Waals surface area contributed by atoms with Gasteiger partial charge < -0.3 is 19.5 Å². The fourth-order valence-electron chi connectivity index (χ4n) is 1.62. The maximum atomic E-state index is 11.5. The van der Waals surface area contributed by atoms with Gasteiger partial charge in [0.2, 0.25) is 0 Å². The van der Waals surface area contributed by atoms with Crippen LogP contribution in [0.1, 0.15) is 18.9 Å². The lowest BCUT2D eigenvalue weighted by atomic mass is 10.2. The van der Waals surface area contributed by atoms with Gasteiger partial charge in [0.25, 0.3) is 5.91 Å². The number of rotatable bonds is 8. The van der Waals surface area contributed by atoms with Gasteiger partial charge in [-0.15, -0.1) is 0 Å². The molecule has 0 aliphatic heterocycles. The highest BCUT2D eigenvalue weighted by atomic mass is 16.5. The van der Waals surface area contributed by atoms with E-state index in [0.29, 0.717) is 18.0 Å². The summed E-state index contributed by atoms with van der Waals surface area (Å²) in [5.74, 6) is 0.280. The number of esters is 1. The van der Waals surface area contributed by atoms with Crippen LogP contribution >= 0.6 is 0 Å². The minimum Gasteiger partial charge on any atom is -0.493 e. The van der Waals surface area contributed by atoms with Gasteiger partial charge in [0, 0.05) is 12.6 Å². The molecule has 1 aromatic rings. The number of methoxy groups -OCH3 is 2. The molecule has 0 unspecified atom stereocenters. The third kappa shape index (κ3) is 5.87. The summed E-state index contributed by atoms with van der Waals surface area (Å²) in [5.41, 5.74) is 0.755. The highest BCUT2D eigenvalue weighted by Gasteiger charge is 2.05. The van der Waals surface area contributed by atoms with E-state index in [1.807, 2.05) is 6.92 Å². The van der Waals surface area contributed by atoms with Crippen LogP contribution in [0.3, 0.4) is 0 Å². The third-order valence-electron chi connectivity index (χ3n) is 2.74. The van der Waals surface area contributed by atoms with Crippen molar-refractivity contribution in [1.29, 1.82) is 0 Å². The first-order valence-electron chi connectivity index (χ1n) is 6.94. The van der Waals surface area contributed by atoms with Crippen molar-refractivity contribution in [3.8, 4) is 11.5 Å². The van der Waals surface area contributed by atoms with Crippen molar-refractivity contribution in [1.82, 2.24) is 5.32 Å². The number of carbonyl (C=O) groups excluding carboxylic acids is 2. The molecule has 1 rings (SSSR count). The van der Waals surface area contributed by atoms with Crippen LogP contribution in [0.4, 0.5) is 0 Å². The molecule has 0 aromatic heterocycles. The smallest absolute Gasteiger partial charge is 0.331 e. The van der Waals surface area contributed by atoms with Gasteiger partial charge >= 0.3 is 5.97 Å². The molecule has 0 fully saturated rings. The van der Waals surface area contributed by atoms with E-state index in [2.05, 4.69) is 5.32 Å². The van der Waals surface area contributed by atoms with Gasteiger partial charge in [0.1, 0.15) is 0 Å². The molecular weight excluding hydrogens is 286 g/mol. The molecule has 0 radical (unpaired) electrons. The van der Waals surface area contributed by atoms with Crippen molar-refractivity contribution in [2.75, 3.05) is 27.4 Å². The lowest BCUT2D eigenvalue weighted by Crippen LogP contribution is -2.28. The standard InChI is InChI=1S/C16H21NO5/c1-4-9-17-15(18)11-22-16(19)8-6-12-5-7-13(20-2)14(10-12)21-3/h5-8,10H,4,9,11H2,1-3H3,(H,17,18)/b8-6+. The molecule has 1 N–H and O–H groups in total. The molecule has 0 bridgehead atoms. The van der Waals surface area contributed by atoms with E-state index in [1.54, 1.807) is 31.4 Å². The largest absolute Gasteiger partial charge is 0.493 e. The Morgan fingerprint density at radius 2 is 1.91 bits per heavy atom. The average Bonchev–Trinajstić information content (AvgIpc) is 2.55. The summed E-state index contributed by atoms with van der Waals surface area (Å²) in [4.78, 5) is 22.8. The first-order chi connectivity index (χ1) is 10.6. The number of carbonyl (C=O) groups is 2. The number of hydrogen-bond donors (Lipinski definition) is 1. The zero-order chi connectivity index (χ0) is 16.4. The van der Waals surface area contributed by atoms with Crippen molar-refractivity contribution in [2.24, 2.45) is 0 Å². The van der Waals surface area contributed by atoms with Crippen molar-refractivity contribution in [2.45, 2.75) is 13.3 Å². The monoisotopic (exact) mass is 307 g/mol. The van der Waals surface area contributed by atoms with Gasteiger partial charge in [-0.3, -0.25) is 4.79 Å². The molecule has 6 heteroatoms. The van der Waals surface area contributed by atoms with Gasteiger partial charge in [-0.05, 0) is 30.2 Å². The average molecular weight is 307 g/mol. The van der Waals surface area contributed by atoms with Crippen LogP contribution in [0.2, 0.25) is 0 Å². The lowest BCUT2D eigenvalue weighted by Gasteiger charge is -2.07. The van der Waals surface area contributed by atoms with E-state index < -0.39 is 5.97 Å². The quantitative estimate of drug-likeness (QED) is 0.585. The summed E-state index contributed by atoms with van der Waals surface area (Å²) in [6.45, 7) is 2.23. The molecule has 1 amide bonds. The maximum Gasteiger partial charge on any atom is 0.331 e. The minimum atomic E-state index is -0.582. The van der Waals surface area contributed by atoms with Crippen molar-refractivity contribution < 1.29 is 23.8 Å². The Balaban J connectivity index is 2.53. The van der Waals surface area contributed by atoms with E-state index in [0.717, 1.165) is 12.0 Å². The van der Waals surface area contributed by atoms with Crippen LogP contribution in [-0.2, 0) is 14.3 Å². The Kier molecular flexibility index (Phi) is 7.53. The molecular formula is C16H21NO5. The van der Waals surface area contributed by atoms with E-state index in [1.165, 1.54) is 13.2 Å². The Bertz CT molecular complexity index is 539. The third-order valence-corrected chi connectivity index (χ3v) is 2.74. The molecule has 22 heavy (non-hydrogen) atoms. The fraction of sp³-hybridized carbons (Fsp3) is 0.375. The van der Waals surface area contributed by atoms with E-state index in [9.17, 15) is 9.59 Å². The topological polar surface area (TPSA) is 73.9 Å².